The van der Waals surface area contributed by atoms with Crippen LogP contribution in [-0.4, -0.2) is 20.6 Å². The molecule has 0 spiro atoms. The van der Waals surface area contributed by atoms with E-state index in [2.05, 4.69) is 16.9 Å². The number of fused-ring (bicyclic) bond motifs is 1. The van der Waals surface area contributed by atoms with Gasteiger partial charge in [-0.2, -0.15) is 0 Å². The van der Waals surface area contributed by atoms with Crippen molar-refractivity contribution in [1.82, 2.24) is 9.55 Å². The number of nitrogens with zero attached hydrogens (tertiary/aromatic N) is 1. The van der Waals surface area contributed by atoms with Gasteiger partial charge in [-0.05, 0) is 55.0 Å². The first-order chi connectivity index (χ1) is 12.4. The Morgan fingerprint density at radius 1 is 1.35 bits per heavy atom. The highest BCUT2D eigenvalue weighted by Gasteiger charge is 2.12. The third-order valence-electron chi connectivity index (χ3n) is 3.96. The van der Waals surface area contributed by atoms with E-state index in [4.69, 9.17) is 12.2 Å². The fraction of sp³-hybridized carbons (Fsp3) is 0.105. The monoisotopic (exact) mass is 367 g/mol. The standard InChI is InChI=1S/C19H17N3O3S/c1-3-8-22-18(25)13-6-5-12(10-15(13)21-19(22)26)17(24)20-14-7-4-11(2)9-16(14)23/h3-7,9-10,23H,1,8H2,2H3,(H,20,24)(H,21,26). The number of amides is 1. The minimum atomic E-state index is -0.402. The van der Waals surface area contributed by atoms with Crippen molar-refractivity contribution >= 4 is 34.7 Å². The zero-order valence-electron chi connectivity index (χ0n) is 14.1. The van der Waals surface area contributed by atoms with Gasteiger partial charge in [0.25, 0.3) is 11.5 Å². The van der Waals surface area contributed by atoms with Crippen molar-refractivity contribution < 1.29 is 9.90 Å². The largest absolute Gasteiger partial charge is 0.506 e. The number of hydrogen-bond donors (Lipinski definition) is 3. The van der Waals surface area contributed by atoms with E-state index in [0.29, 0.717) is 28.7 Å². The zero-order valence-corrected chi connectivity index (χ0v) is 14.9. The number of aromatic hydroxyl groups is 1. The molecule has 0 radical (unpaired) electrons. The second kappa shape index (κ2) is 6.97. The summed E-state index contributed by atoms with van der Waals surface area (Å²) in [5.74, 6) is -0.411. The lowest BCUT2D eigenvalue weighted by Gasteiger charge is -2.09. The highest BCUT2D eigenvalue weighted by Crippen LogP contribution is 2.24. The summed E-state index contributed by atoms with van der Waals surface area (Å²) >= 11 is 5.20. The van der Waals surface area contributed by atoms with Crippen molar-refractivity contribution in [3.63, 3.8) is 0 Å². The van der Waals surface area contributed by atoms with E-state index in [1.165, 1.54) is 4.57 Å². The van der Waals surface area contributed by atoms with Gasteiger partial charge >= 0.3 is 0 Å². The lowest BCUT2D eigenvalue weighted by molar-refractivity contribution is 0.102. The predicted molar refractivity (Wildman–Crippen MR) is 104 cm³/mol. The molecule has 7 heteroatoms. The highest BCUT2D eigenvalue weighted by molar-refractivity contribution is 7.71. The van der Waals surface area contributed by atoms with E-state index in [1.54, 1.807) is 42.5 Å². The molecule has 0 aliphatic carbocycles. The maximum Gasteiger partial charge on any atom is 0.262 e. The Balaban J connectivity index is 1.99. The molecular formula is C19H17N3O3S. The normalized spacial score (nSPS) is 10.7. The number of phenolic OH excluding ortho intramolecular Hbond substituents is 1. The molecule has 0 fully saturated rings. The van der Waals surface area contributed by atoms with Crippen molar-refractivity contribution in [2.24, 2.45) is 0 Å². The molecule has 3 rings (SSSR count). The van der Waals surface area contributed by atoms with Crippen LogP contribution in [0.5, 0.6) is 5.75 Å². The maximum atomic E-state index is 12.5. The Labute approximate surface area is 154 Å². The van der Waals surface area contributed by atoms with Gasteiger partial charge in [0, 0.05) is 12.1 Å². The number of aromatic nitrogens is 2. The predicted octanol–water partition coefficient (Wildman–Crippen LogP) is 3.51. The summed E-state index contributed by atoms with van der Waals surface area (Å²) in [6.07, 6.45) is 1.59. The Kier molecular flexibility index (Phi) is 4.73. The molecular weight excluding hydrogens is 350 g/mol. The van der Waals surface area contributed by atoms with Gasteiger partial charge < -0.3 is 15.4 Å². The number of carbonyl (C=O) groups excluding carboxylic acids is 1. The molecule has 0 saturated heterocycles. The molecule has 1 heterocycles. The summed E-state index contributed by atoms with van der Waals surface area (Å²) in [7, 11) is 0. The van der Waals surface area contributed by atoms with Crippen molar-refractivity contribution in [3.8, 4) is 5.75 Å². The third-order valence-corrected chi connectivity index (χ3v) is 4.28. The summed E-state index contributed by atoms with van der Waals surface area (Å²) in [5.41, 5.74) is 1.77. The number of phenols is 1. The van der Waals surface area contributed by atoms with Crippen molar-refractivity contribution in [2.75, 3.05) is 5.32 Å². The molecule has 0 bridgehead atoms. The van der Waals surface area contributed by atoms with Gasteiger partial charge in [0.2, 0.25) is 0 Å². The topological polar surface area (TPSA) is 87.1 Å². The first-order valence-electron chi connectivity index (χ1n) is 7.89. The Hall–Kier alpha value is -3.19. The fourth-order valence-corrected chi connectivity index (χ4v) is 2.90. The molecule has 0 saturated carbocycles. The molecule has 26 heavy (non-hydrogen) atoms. The number of nitrogens with one attached hydrogen (secondary N) is 2. The van der Waals surface area contributed by atoms with Crippen LogP contribution in [0.15, 0.2) is 53.8 Å². The summed E-state index contributed by atoms with van der Waals surface area (Å²) in [5, 5.41) is 13.0. The number of anilines is 1. The molecule has 6 nitrogen and oxygen atoms in total. The van der Waals surface area contributed by atoms with Crippen LogP contribution in [0.3, 0.4) is 0 Å². The number of H-pyrrole nitrogens is 1. The van der Waals surface area contributed by atoms with Crippen LogP contribution in [0.2, 0.25) is 0 Å². The molecule has 3 aromatic rings. The van der Waals surface area contributed by atoms with Crippen LogP contribution >= 0.6 is 12.2 Å². The quantitative estimate of drug-likeness (QED) is 0.374. The smallest absolute Gasteiger partial charge is 0.262 e. The number of rotatable bonds is 4. The molecule has 132 valence electrons. The van der Waals surface area contributed by atoms with Crippen LogP contribution < -0.4 is 10.9 Å². The van der Waals surface area contributed by atoms with E-state index < -0.39 is 5.91 Å². The summed E-state index contributed by atoms with van der Waals surface area (Å²) in [6.45, 7) is 5.76. The van der Waals surface area contributed by atoms with Gasteiger partial charge in [0.05, 0.1) is 16.6 Å². The number of aromatic amines is 1. The maximum absolute atomic E-state index is 12.5. The van der Waals surface area contributed by atoms with E-state index in [-0.39, 0.29) is 16.1 Å². The Morgan fingerprint density at radius 3 is 2.81 bits per heavy atom. The molecule has 0 unspecified atom stereocenters. The minimum absolute atomic E-state index is 0.00847. The molecule has 0 aliphatic rings. The minimum Gasteiger partial charge on any atom is -0.506 e. The van der Waals surface area contributed by atoms with Gasteiger partial charge in [-0.3, -0.25) is 14.2 Å². The Bertz CT molecular complexity index is 1140. The van der Waals surface area contributed by atoms with E-state index in [1.807, 2.05) is 6.92 Å². The first kappa shape index (κ1) is 17.6. The average Bonchev–Trinajstić information content (AvgIpc) is 2.60. The fourth-order valence-electron chi connectivity index (χ4n) is 2.63. The van der Waals surface area contributed by atoms with E-state index >= 15 is 0 Å². The van der Waals surface area contributed by atoms with Gasteiger partial charge in [-0.15, -0.1) is 6.58 Å². The lowest BCUT2D eigenvalue weighted by atomic mass is 10.1. The molecule has 0 atom stereocenters. The number of carbonyl (C=O) groups is 1. The van der Waals surface area contributed by atoms with Crippen LogP contribution in [0.1, 0.15) is 15.9 Å². The lowest BCUT2D eigenvalue weighted by Crippen LogP contribution is -2.22. The number of benzene rings is 2. The van der Waals surface area contributed by atoms with Crippen LogP contribution in [0, 0.1) is 11.7 Å². The van der Waals surface area contributed by atoms with Gasteiger partial charge in [0.1, 0.15) is 5.75 Å². The number of aryl methyl sites for hydroxylation is 1. The highest BCUT2D eigenvalue weighted by atomic mass is 32.1. The van der Waals surface area contributed by atoms with Crippen molar-refractivity contribution in [3.05, 3.63) is 75.3 Å². The number of hydrogen-bond acceptors (Lipinski definition) is 4. The number of allylic oxidation sites excluding steroid dienone is 1. The molecule has 3 N–H and O–H groups in total. The van der Waals surface area contributed by atoms with Crippen LogP contribution in [0.4, 0.5) is 5.69 Å². The zero-order chi connectivity index (χ0) is 18.8. The summed E-state index contributed by atoms with van der Waals surface area (Å²) in [4.78, 5) is 27.9. The summed E-state index contributed by atoms with van der Waals surface area (Å²) in [6, 6.07) is 9.67. The van der Waals surface area contributed by atoms with Gasteiger partial charge in [0.15, 0.2) is 4.77 Å². The van der Waals surface area contributed by atoms with E-state index in [0.717, 1.165) is 5.56 Å². The summed E-state index contributed by atoms with van der Waals surface area (Å²) < 4.78 is 1.66. The molecule has 2 aromatic carbocycles. The van der Waals surface area contributed by atoms with Crippen molar-refractivity contribution in [2.45, 2.75) is 13.5 Å². The third kappa shape index (κ3) is 3.29. The van der Waals surface area contributed by atoms with Crippen LogP contribution in [-0.2, 0) is 6.54 Å². The Morgan fingerprint density at radius 2 is 2.12 bits per heavy atom. The molecule has 0 aliphatic heterocycles. The van der Waals surface area contributed by atoms with Gasteiger partial charge in [-0.25, -0.2) is 0 Å². The van der Waals surface area contributed by atoms with Crippen LogP contribution in [0.25, 0.3) is 10.9 Å². The first-order valence-corrected chi connectivity index (χ1v) is 8.30. The van der Waals surface area contributed by atoms with Crippen molar-refractivity contribution in [1.29, 1.82) is 0 Å². The average molecular weight is 367 g/mol. The molecule has 1 amide bonds. The van der Waals surface area contributed by atoms with Gasteiger partial charge in [-0.1, -0.05) is 12.1 Å². The SMILES string of the molecule is C=CCn1c(=S)[nH]c2cc(C(=O)Nc3ccc(C)cc3O)ccc2c1=O. The second-order valence-electron chi connectivity index (χ2n) is 5.87. The molecule has 1 aromatic heterocycles. The second-order valence-corrected chi connectivity index (χ2v) is 6.26. The van der Waals surface area contributed by atoms with E-state index in [9.17, 15) is 14.7 Å².